The van der Waals surface area contributed by atoms with E-state index in [0.29, 0.717) is 0 Å². The maximum absolute atomic E-state index is 11.3. The lowest BCUT2D eigenvalue weighted by Gasteiger charge is -2.08. The van der Waals surface area contributed by atoms with Gasteiger partial charge in [0.25, 0.3) is 0 Å². The van der Waals surface area contributed by atoms with Crippen molar-refractivity contribution in [1.82, 2.24) is 0 Å². The van der Waals surface area contributed by atoms with Crippen molar-refractivity contribution in [2.75, 3.05) is 7.11 Å². The number of nitriles is 1. The second-order valence-electron chi connectivity index (χ2n) is 3.42. The molecule has 0 aliphatic carbocycles. The SMILES string of the molecule is COC(=O)C(C#N)=C(O)c1ccccc1OC(C)=O. The number of esters is 2. The first-order valence-electron chi connectivity index (χ1n) is 5.20. The molecule has 0 saturated heterocycles. The van der Waals surface area contributed by atoms with E-state index in [0.717, 1.165) is 7.11 Å². The minimum absolute atomic E-state index is 0.0455. The number of carbonyl (C=O) groups is 2. The molecule has 0 unspecified atom stereocenters. The number of para-hydroxylation sites is 1. The van der Waals surface area contributed by atoms with E-state index >= 15 is 0 Å². The molecule has 1 aromatic rings. The third-order valence-electron chi connectivity index (χ3n) is 2.13. The van der Waals surface area contributed by atoms with Crippen molar-refractivity contribution in [2.45, 2.75) is 6.92 Å². The van der Waals surface area contributed by atoms with Crippen LogP contribution in [0.4, 0.5) is 0 Å². The number of hydrogen-bond acceptors (Lipinski definition) is 6. The maximum atomic E-state index is 11.3. The molecule has 0 radical (unpaired) electrons. The molecule has 0 atom stereocenters. The average Bonchev–Trinajstić information content (AvgIpc) is 2.39. The number of aliphatic hydroxyl groups excluding tert-OH is 1. The van der Waals surface area contributed by atoms with Gasteiger partial charge in [-0.2, -0.15) is 5.26 Å². The van der Waals surface area contributed by atoms with Gasteiger partial charge in [-0.25, -0.2) is 4.79 Å². The molecule has 98 valence electrons. The van der Waals surface area contributed by atoms with Crippen LogP contribution in [0.5, 0.6) is 5.75 Å². The van der Waals surface area contributed by atoms with Crippen molar-refractivity contribution in [2.24, 2.45) is 0 Å². The van der Waals surface area contributed by atoms with E-state index in [-0.39, 0.29) is 11.3 Å². The fraction of sp³-hybridized carbons (Fsp3) is 0.154. The number of carbonyl (C=O) groups excluding carboxylic acids is 2. The number of ether oxygens (including phenoxy) is 2. The highest BCUT2D eigenvalue weighted by Crippen LogP contribution is 2.26. The molecule has 6 heteroatoms. The van der Waals surface area contributed by atoms with E-state index in [4.69, 9.17) is 10.00 Å². The Morgan fingerprint density at radius 2 is 1.95 bits per heavy atom. The van der Waals surface area contributed by atoms with Crippen LogP contribution in [0.2, 0.25) is 0 Å². The summed E-state index contributed by atoms with van der Waals surface area (Å²) in [6, 6.07) is 7.53. The summed E-state index contributed by atoms with van der Waals surface area (Å²) in [6.45, 7) is 1.20. The largest absolute Gasteiger partial charge is 0.506 e. The van der Waals surface area contributed by atoms with Gasteiger partial charge in [-0.1, -0.05) is 12.1 Å². The number of hydrogen-bond donors (Lipinski definition) is 1. The molecule has 0 bridgehead atoms. The predicted molar refractivity (Wildman–Crippen MR) is 64.9 cm³/mol. The van der Waals surface area contributed by atoms with Crippen LogP contribution in [0.3, 0.4) is 0 Å². The standard InChI is InChI=1S/C13H11NO5/c1-8(15)19-11-6-4-3-5-9(11)12(16)10(7-14)13(17)18-2/h3-6,16H,1-2H3. The molecular weight excluding hydrogens is 250 g/mol. The van der Waals surface area contributed by atoms with Gasteiger partial charge in [0.15, 0.2) is 11.3 Å². The van der Waals surface area contributed by atoms with E-state index in [1.165, 1.54) is 19.1 Å². The molecule has 19 heavy (non-hydrogen) atoms. The van der Waals surface area contributed by atoms with Crippen molar-refractivity contribution < 1.29 is 24.2 Å². The monoisotopic (exact) mass is 261 g/mol. The lowest BCUT2D eigenvalue weighted by Crippen LogP contribution is -2.08. The van der Waals surface area contributed by atoms with Crippen molar-refractivity contribution in [3.63, 3.8) is 0 Å². The van der Waals surface area contributed by atoms with E-state index < -0.39 is 23.3 Å². The Bertz CT molecular complexity index is 583. The van der Waals surface area contributed by atoms with E-state index in [1.54, 1.807) is 18.2 Å². The molecule has 1 N–H and O–H groups in total. The summed E-state index contributed by atoms with van der Waals surface area (Å²) in [7, 11) is 1.09. The molecular formula is C13H11NO5. The van der Waals surface area contributed by atoms with Crippen molar-refractivity contribution in [1.29, 1.82) is 5.26 Å². The Morgan fingerprint density at radius 3 is 2.47 bits per heavy atom. The Kier molecular flexibility index (Phi) is 4.66. The van der Waals surface area contributed by atoms with Gasteiger partial charge in [-0.05, 0) is 12.1 Å². The first kappa shape index (κ1) is 14.3. The van der Waals surface area contributed by atoms with Crippen LogP contribution >= 0.6 is 0 Å². The number of aliphatic hydroxyl groups is 1. The van der Waals surface area contributed by atoms with Gasteiger partial charge < -0.3 is 14.6 Å². The normalized spacial score (nSPS) is 11.0. The van der Waals surface area contributed by atoms with Crippen LogP contribution < -0.4 is 4.74 Å². The van der Waals surface area contributed by atoms with Gasteiger partial charge >= 0.3 is 11.9 Å². The third-order valence-corrected chi connectivity index (χ3v) is 2.13. The highest BCUT2D eigenvalue weighted by molar-refractivity contribution is 6.00. The summed E-state index contributed by atoms with van der Waals surface area (Å²) in [6.07, 6.45) is 0. The summed E-state index contributed by atoms with van der Waals surface area (Å²) < 4.78 is 9.26. The summed E-state index contributed by atoms with van der Waals surface area (Å²) in [5.74, 6) is -2.12. The second-order valence-corrected chi connectivity index (χ2v) is 3.42. The third kappa shape index (κ3) is 3.33. The Labute approximate surface area is 109 Å². The van der Waals surface area contributed by atoms with E-state index in [1.807, 2.05) is 0 Å². The summed E-state index contributed by atoms with van der Waals surface area (Å²) in [5, 5.41) is 18.8. The quantitative estimate of drug-likeness (QED) is 0.292. The molecule has 0 amide bonds. The van der Waals surface area contributed by atoms with E-state index in [9.17, 15) is 14.7 Å². The summed E-state index contributed by atoms with van der Waals surface area (Å²) >= 11 is 0. The number of nitrogens with zero attached hydrogens (tertiary/aromatic N) is 1. The first-order valence-corrected chi connectivity index (χ1v) is 5.20. The van der Waals surface area contributed by atoms with Crippen molar-refractivity contribution in [3.8, 4) is 11.8 Å². The second kappa shape index (κ2) is 6.21. The van der Waals surface area contributed by atoms with Gasteiger partial charge in [0, 0.05) is 6.92 Å². The zero-order valence-electron chi connectivity index (χ0n) is 10.3. The molecule has 1 rings (SSSR count). The molecule has 6 nitrogen and oxygen atoms in total. The van der Waals surface area contributed by atoms with Gasteiger partial charge in [0.05, 0.1) is 12.7 Å². The lowest BCUT2D eigenvalue weighted by molar-refractivity contribution is -0.135. The predicted octanol–water partition coefficient (Wildman–Crippen LogP) is 1.58. The van der Waals surface area contributed by atoms with Crippen LogP contribution in [-0.2, 0) is 14.3 Å². The Morgan fingerprint density at radius 1 is 1.32 bits per heavy atom. The Balaban J connectivity index is 3.36. The first-order chi connectivity index (χ1) is 9.01. The number of rotatable bonds is 3. The Hall–Kier alpha value is -2.81. The molecule has 0 aliphatic rings. The lowest BCUT2D eigenvalue weighted by atomic mass is 10.1. The van der Waals surface area contributed by atoms with Crippen LogP contribution in [0.15, 0.2) is 29.8 Å². The fourth-order valence-corrected chi connectivity index (χ4v) is 1.34. The molecule has 0 fully saturated rings. The molecule has 0 saturated carbocycles. The molecule has 0 aromatic heterocycles. The molecule has 0 spiro atoms. The highest BCUT2D eigenvalue weighted by atomic mass is 16.5. The zero-order chi connectivity index (χ0) is 14.4. The molecule has 1 aromatic carbocycles. The van der Waals surface area contributed by atoms with Crippen LogP contribution in [0.25, 0.3) is 5.76 Å². The topological polar surface area (TPSA) is 96.6 Å². The average molecular weight is 261 g/mol. The van der Waals surface area contributed by atoms with Gasteiger partial charge in [-0.3, -0.25) is 4.79 Å². The van der Waals surface area contributed by atoms with Crippen molar-refractivity contribution >= 4 is 17.7 Å². The van der Waals surface area contributed by atoms with Gasteiger partial charge in [0.2, 0.25) is 0 Å². The number of benzene rings is 1. The van der Waals surface area contributed by atoms with Crippen LogP contribution in [-0.4, -0.2) is 24.2 Å². The van der Waals surface area contributed by atoms with Crippen molar-refractivity contribution in [3.05, 3.63) is 35.4 Å². The maximum Gasteiger partial charge on any atom is 0.352 e. The fourth-order valence-electron chi connectivity index (χ4n) is 1.34. The van der Waals surface area contributed by atoms with E-state index in [2.05, 4.69) is 4.74 Å². The zero-order valence-corrected chi connectivity index (χ0v) is 10.3. The van der Waals surface area contributed by atoms with Crippen LogP contribution in [0, 0.1) is 11.3 Å². The van der Waals surface area contributed by atoms with Gasteiger partial charge in [-0.15, -0.1) is 0 Å². The highest BCUT2D eigenvalue weighted by Gasteiger charge is 2.20. The van der Waals surface area contributed by atoms with Gasteiger partial charge in [0.1, 0.15) is 11.8 Å². The molecule has 0 aliphatic heterocycles. The molecule has 0 heterocycles. The summed E-state index contributed by atoms with van der Waals surface area (Å²) in [5.41, 5.74) is -0.512. The summed E-state index contributed by atoms with van der Waals surface area (Å²) in [4.78, 5) is 22.3. The van der Waals surface area contributed by atoms with Crippen LogP contribution in [0.1, 0.15) is 12.5 Å². The number of methoxy groups -OCH3 is 1. The minimum Gasteiger partial charge on any atom is -0.506 e. The minimum atomic E-state index is -0.974. The smallest absolute Gasteiger partial charge is 0.352 e.